The van der Waals surface area contributed by atoms with Crippen LogP contribution in [-0.4, -0.2) is 25.8 Å². The standard InChI is InChI=1S/C21H25NO4S/c1-14-10-16(12-22(21(14)23)17-4-3-5-17)19-11-18(27(2,24)25)8-9-20(19)26-13-15-6-7-15/h8-12,15,17H,3-7,13H2,1-2H3. The van der Waals surface area contributed by atoms with Gasteiger partial charge in [-0.2, -0.15) is 0 Å². The van der Waals surface area contributed by atoms with Gasteiger partial charge in [0.1, 0.15) is 5.75 Å². The summed E-state index contributed by atoms with van der Waals surface area (Å²) in [5.41, 5.74) is 2.26. The molecule has 2 aliphatic carbocycles. The highest BCUT2D eigenvalue weighted by molar-refractivity contribution is 7.90. The molecule has 0 N–H and O–H groups in total. The summed E-state index contributed by atoms with van der Waals surface area (Å²) in [6.07, 6.45) is 8.60. The maximum atomic E-state index is 12.6. The zero-order valence-electron chi connectivity index (χ0n) is 15.8. The Labute approximate surface area is 159 Å². The molecule has 144 valence electrons. The summed E-state index contributed by atoms with van der Waals surface area (Å²) in [6, 6.07) is 7.08. The molecule has 4 rings (SSSR count). The normalized spacial score (nSPS) is 17.6. The quantitative estimate of drug-likeness (QED) is 0.757. The van der Waals surface area contributed by atoms with Crippen molar-refractivity contribution in [2.75, 3.05) is 12.9 Å². The molecule has 0 unspecified atom stereocenters. The molecule has 0 bridgehead atoms. The molecule has 0 aliphatic heterocycles. The van der Waals surface area contributed by atoms with Crippen molar-refractivity contribution in [2.45, 2.75) is 50.0 Å². The third kappa shape index (κ3) is 3.81. The molecule has 5 nitrogen and oxygen atoms in total. The summed E-state index contributed by atoms with van der Waals surface area (Å²) in [7, 11) is -3.33. The Balaban J connectivity index is 1.82. The molecule has 27 heavy (non-hydrogen) atoms. The maximum absolute atomic E-state index is 12.6. The van der Waals surface area contributed by atoms with Gasteiger partial charge in [-0.05, 0) is 69.2 Å². The molecule has 2 saturated carbocycles. The Hall–Kier alpha value is -2.08. The molecule has 0 atom stereocenters. The van der Waals surface area contributed by atoms with E-state index in [9.17, 15) is 13.2 Å². The van der Waals surface area contributed by atoms with Crippen LogP contribution in [0.15, 0.2) is 40.2 Å². The predicted octanol–water partition coefficient (Wildman–Crippen LogP) is 3.74. The maximum Gasteiger partial charge on any atom is 0.253 e. The molecule has 6 heteroatoms. The lowest BCUT2D eigenvalue weighted by atomic mass is 9.92. The lowest BCUT2D eigenvalue weighted by molar-refractivity contribution is 0.300. The summed E-state index contributed by atoms with van der Waals surface area (Å²) >= 11 is 0. The minimum Gasteiger partial charge on any atom is -0.493 e. The zero-order valence-corrected chi connectivity index (χ0v) is 16.6. The lowest BCUT2D eigenvalue weighted by Crippen LogP contribution is -2.29. The van der Waals surface area contributed by atoms with E-state index >= 15 is 0 Å². The van der Waals surface area contributed by atoms with Crippen molar-refractivity contribution in [1.82, 2.24) is 4.57 Å². The Morgan fingerprint density at radius 3 is 2.48 bits per heavy atom. The predicted molar refractivity (Wildman–Crippen MR) is 105 cm³/mol. The van der Waals surface area contributed by atoms with E-state index < -0.39 is 9.84 Å². The number of hydrogen-bond donors (Lipinski definition) is 0. The third-order valence-electron chi connectivity index (χ3n) is 5.55. The molecule has 2 fully saturated rings. The van der Waals surface area contributed by atoms with E-state index in [1.165, 1.54) is 19.1 Å². The number of ether oxygens (including phenoxy) is 1. The number of rotatable bonds is 6. The van der Waals surface area contributed by atoms with E-state index in [0.29, 0.717) is 23.8 Å². The number of nitrogens with zero attached hydrogens (tertiary/aromatic N) is 1. The Kier molecular flexibility index (Phi) is 4.62. The van der Waals surface area contributed by atoms with Gasteiger partial charge in [0.2, 0.25) is 0 Å². The molecule has 0 saturated heterocycles. The first kappa shape index (κ1) is 18.3. The van der Waals surface area contributed by atoms with Gasteiger partial charge in [-0.1, -0.05) is 0 Å². The second-order valence-corrected chi connectivity index (χ2v) is 9.91. The number of aromatic nitrogens is 1. The van der Waals surface area contributed by atoms with Gasteiger partial charge in [-0.25, -0.2) is 8.42 Å². The molecular weight excluding hydrogens is 362 g/mol. The van der Waals surface area contributed by atoms with Gasteiger partial charge in [0.25, 0.3) is 5.56 Å². The highest BCUT2D eigenvalue weighted by Gasteiger charge is 2.24. The van der Waals surface area contributed by atoms with E-state index in [4.69, 9.17) is 4.74 Å². The SMILES string of the molecule is Cc1cc(-c2cc(S(C)(=O)=O)ccc2OCC2CC2)cn(C2CCC2)c1=O. The number of sulfone groups is 1. The molecule has 0 spiro atoms. The van der Waals surface area contributed by atoms with Crippen molar-refractivity contribution in [2.24, 2.45) is 5.92 Å². The van der Waals surface area contributed by atoms with Crippen LogP contribution in [0.1, 0.15) is 43.7 Å². The largest absolute Gasteiger partial charge is 0.493 e. The monoisotopic (exact) mass is 387 g/mol. The first-order valence-electron chi connectivity index (χ1n) is 9.53. The second kappa shape index (κ2) is 6.82. The van der Waals surface area contributed by atoms with E-state index in [0.717, 1.165) is 30.4 Å². The Morgan fingerprint density at radius 2 is 1.89 bits per heavy atom. The van der Waals surface area contributed by atoms with Gasteiger partial charge in [0.05, 0.1) is 11.5 Å². The Bertz CT molecular complexity index is 1030. The highest BCUT2D eigenvalue weighted by atomic mass is 32.2. The topological polar surface area (TPSA) is 65.4 Å². The van der Waals surface area contributed by atoms with Gasteiger partial charge in [-0.3, -0.25) is 4.79 Å². The van der Waals surface area contributed by atoms with Gasteiger partial charge in [0.15, 0.2) is 9.84 Å². The molecule has 0 amide bonds. The van der Waals surface area contributed by atoms with Crippen LogP contribution in [0.25, 0.3) is 11.1 Å². The number of pyridine rings is 1. The summed E-state index contributed by atoms with van der Waals surface area (Å²) in [4.78, 5) is 12.8. The van der Waals surface area contributed by atoms with Gasteiger partial charge < -0.3 is 9.30 Å². The van der Waals surface area contributed by atoms with E-state index in [1.54, 1.807) is 18.2 Å². The minimum absolute atomic E-state index is 0.0307. The van der Waals surface area contributed by atoms with Crippen LogP contribution in [0.2, 0.25) is 0 Å². The fraction of sp³-hybridized carbons (Fsp3) is 0.476. The van der Waals surface area contributed by atoms with Crippen LogP contribution < -0.4 is 10.3 Å². The van der Waals surface area contributed by atoms with Crippen LogP contribution in [-0.2, 0) is 9.84 Å². The zero-order chi connectivity index (χ0) is 19.2. The summed E-state index contributed by atoms with van der Waals surface area (Å²) in [6.45, 7) is 2.46. The molecule has 1 aromatic heterocycles. The fourth-order valence-electron chi connectivity index (χ4n) is 3.41. The van der Waals surface area contributed by atoms with Gasteiger partial charge >= 0.3 is 0 Å². The first-order valence-corrected chi connectivity index (χ1v) is 11.4. The number of hydrogen-bond acceptors (Lipinski definition) is 4. The van der Waals surface area contributed by atoms with Crippen molar-refractivity contribution < 1.29 is 13.2 Å². The molecular formula is C21H25NO4S. The third-order valence-corrected chi connectivity index (χ3v) is 6.66. The lowest BCUT2D eigenvalue weighted by Gasteiger charge is -2.28. The van der Waals surface area contributed by atoms with Crippen LogP contribution in [0.4, 0.5) is 0 Å². The summed E-state index contributed by atoms with van der Waals surface area (Å²) in [5.74, 6) is 1.27. The number of benzene rings is 1. The van der Waals surface area contributed by atoms with E-state index in [-0.39, 0.29) is 16.5 Å². The average molecular weight is 388 g/mol. The van der Waals surface area contributed by atoms with E-state index in [1.807, 2.05) is 23.8 Å². The van der Waals surface area contributed by atoms with Crippen molar-refractivity contribution in [1.29, 1.82) is 0 Å². The summed E-state index contributed by atoms with van der Waals surface area (Å²) in [5, 5.41) is 0. The van der Waals surface area contributed by atoms with Crippen LogP contribution in [0.5, 0.6) is 5.75 Å². The first-order chi connectivity index (χ1) is 12.8. The second-order valence-electron chi connectivity index (χ2n) is 7.89. The smallest absolute Gasteiger partial charge is 0.253 e. The van der Waals surface area contributed by atoms with Crippen molar-refractivity contribution >= 4 is 9.84 Å². The average Bonchev–Trinajstić information content (AvgIpc) is 3.38. The van der Waals surface area contributed by atoms with Crippen molar-refractivity contribution in [3.63, 3.8) is 0 Å². The molecule has 1 heterocycles. The van der Waals surface area contributed by atoms with Gasteiger partial charge in [0, 0.05) is 35.2 Å². The van der Waals surface area contributed by atoms with Crippen molar-refractivity contribution in [3.8, 4) is 16.9 Å². The summed E-state index contributed by atoms with van der Waals surface area (Å²) < 4.78 is 31.9. The van der Waals surface area contributed by atoms with Crippen LogP contribution in [0, 0.1) is 12.8 Å². The van der Waals surface area contributed by atoms with Crippen LogP contribution in [0.3, 0.4) is 0 Å². The number of aryl methyl sites for hydroxylation is 1. The Morgan fingerprint density at radius 1 is 1.15 bits per heavy atom. The van der Waals surface area contributed by atoms with E-state index in [2.05, 4.69) is 0 Å². The molecule has 2 aliphatic rings. The molecule has 2 aromatic rings. The molecule has 1 aromatic carbocycles. The fourth-order valence-corrected chi connectivity index (χ4v) is 4.06. The minimum atomic E-state index is -3.33. The van der Waals surface area contributed by atoms with Crippen molar-refractivity contribution in [3.05, 3.63) is 46.4 Å². The highest BCUT2D eigenvalue weighted by Crippen LogP contribution is 2.37. The van der Waals surface area contributed by atoms with Gasteiger partial charge in [-0.15, -0.1) is 0 Å². The van der Waals surface area contributed by atoms with Crippen LogP contribution >= 0.6 is 0 Å². The molecule has 0 radical (unpaired) electrons.